The monoisotopic (exact) mass is 790 g/mol. The minimum atomic E-state index is -1.49. The van der Waals surface area contributed by atoms with Gasteiger partial charge in [0.1, 0.15) is 47.9 Å². The maximum absolute atomic E-state index is 13.0. The molecule has 7 N–H and O–H groups in total. The van der Waals surface area contributed by atoms with Crippen molar-refractivity contribution in [2.24, 2.45) is 5.92 Å². The maximum Gasteiger partial charge on any atom is 0.333 e. The Balaban J connectivity index is 1.42. The van der Waals surface area contributed by atoms with E-state index in [1.807, 2.05) is 0 Å². The van der Waals surface area contributed by atoms with Crippen molar-refractivity contribution in [3.63, 3.8) is 0 Å². The van der Waals surface area contributed by atoms with E-state index in [0.29, 0.717) is 30.7 Å². The van der Waals surface area contributed by atoms with Gasteiger partial charge in [0, 0.05) is 57.7 Å². The van der Waals surface area contributed by atoms with Crippen LogP contribution in [0, 0.1) is 5.92 Å². The summed E-state index contributed by atoms with van der Waals surface area (Å²) >= 11 is 0. The first-order chi connectivity index (χ1) is 26.1. The molecular formula is C36H58N2O17. The van der Waals surface area contributed by atoms with Crippen molar-refractivity contribution < 1.29 is 83.6 Å². The predicted octanol–water partition coefficient (Wildman–Crippen LogP) is -2.17. The smallest absolute Gasteiger partial charge is 0.333 e. The van der Waals surface area contributed by atoms with Gasteiger partial charge in [0.25, 0.3) is 11.8 Å². The topological polar surface area (TPSA) is 287 Å². The summed E-state index contributed by atoms with van der Waals surface area (Å²) in [5, 5.41) is 70.2. The van der Waals surface area contributed by atoms with Gasteiger partial charge >= 0.3 is 5.97 Å². The van der Waals surface area contributed by atoms with E-state index in [9.17, 15) is 64.5 Å². The quantitative estimate of drug-likeness (QED) is 0.0382. The van der Waals surface area contributed by atoms with Crippen LogP contribution in [0.2, 0.25) is 0 Å². The molecule has 10 atom stereocenters. The van der Waals surface area contributed by atoms with Crippen molar-refractivity contribution in [2.45, 2.75) is 146 Å². The molecular weight excluding hydrogens is 732 g/mol. The van der Waals surface area contributed by atoms with Crippen LogP contribution in [0.5, 0.6) is 0 Å². The SMILES string of the molecule is C[C@@H]1O[C@@H](OCCCC(=O)CN(CC(=O)CCCCCCC(=O)ON2C(=O)CCC2=O)CC(=O)CCCO[C@@H]2C[C@H](CO)[C@@H](O)[C@H](O)[C@H]2O)[C@@H](O)[C@H](O)[C@@H]1O. The first kappa shape index (κ1) is 46.6. The lowest BCUT2D eigenvalue weighted by atomic mass is 9.81. The van der Waals surface area contributed by atoms with Crippen LogP contribution in [-0.2, 0) is 47.8 Å². The highest BCUT2D eigenvalue weighted by Gasteiger charge is 2.43. The molecule has 0 aromatic heterocycles. The van der Waals surface area contributed by atoms with Crippen molar-refractivity contribution >= 4 is 35.1 Å². The summed E-state index contributed by atoms with van der Waals surface area (Å²) in [5.41, 5.74) is 0. The molecule has 3 rings (SSSR count). The number of amides is 2. The van der Waals surface area contributed by atoms with Gasteiger partial charge in [0.15, 0.2) is 6.29 Å². The molecule has 3 fully saturated rings. The number of nitrogens with zero attached hydrogens (tertiary/aromatic N) is 2. The third-order valence-electron chi connectivity index (χ3n) is 9.94. The number of unbranched alkanes of at least 4 members (excludes halogenated alkanes) is 3. The van der Waals surface area contributed by atoms with Gasteiger partial charge in [-0.2, -0.15) is 0 Å². The second-order valence-electron chi connectivity index (χ2n) is 14.5. The molecule has 1 saturated carbocycles. The van der Waals surface area contributed by atoms with Crippen molar-refractivity contribution in [3.8, 4) is 0 Å². The van der Waals surface area contributed by atoms with Gasteiger partial charge in [0.2, 0.25) is 0 Å². The Hall–Kier alpha value is -2.82. The molecule has 1 aliphatic carbocycles. The summed E-state index contributed by atoms with van der Waals surface area (Å²) in [6.07, 6.45) is -8.41. The van der Waals surface area contributed by atoms with Crippen LogP contribution in [0.1, 0.15) is 90.4 Å². The zero-order valence-electron chi connectivity index (χ0n) is 31.3. The summed E-state index contributed by atoms with van der Waals surface area (Å²) in [4.78, 5) is 80.3. The maximum atomic E-state index is 13.0. The van der Waals surface area contributed by atoms with E-state index < -0.39 is 85.4 Å². The molecule has 0 unspecified atom stereocenters. The average Bonchev–Trinajstić information content (AvgIpc) is 3.46. The normalized spacial score (nSPS) is 29.9. The number of imide groups is 1. The summed E-state index contributed by atoms with van der Waals surface area (Å²) in [6.45, 7) is 0.540. The second kappa shape index (κ2) is 23.4. The highest BCUT2D eigenvalue weighted by atomic mass is 16.7. The second-order valence-corrected chi connectivity index (χ2v) is 14.5. The molecule has 0 aromatic rings. The average molecular weight is 791 g/mol. The number of aliphatic hydroxyl groups is 7. The molecule has 19 nitrogen and oxygen atoms in total. The Morgan fingerprint density at radius 1 is 0.673 bits per heavy atom. The van der Waals surface area contributed by atoms with Crippen LogP contribution >= 0.6 is 0 Å². The van der Waals surface area contributed by atoms with Gasteiger partial charge in [-0.1, -0.05) is 12.8 Å². The van der Waals surface area contributed by atoms with Crippen LogP contribution in [0.15, 0.2) is 0 Å². The van der Waals surface area contributed by atoms with Crippen molar-refractivity contribution in [2.75, 3.05) is 39.5 Å². The molecule has 2 saturated heterocycles. The third kappa shape index (κ3) is 14.9. The van der Waals surface area contributed by atoms with Gasteiger partial charge in [-0.25, -0.2) is 4.79 Å². The molecule has 314 valence electrons. The fourth-order valence-corrected chi connectivity index (χ4v) is 6.65. The molecule has 0 bridgehead atoms. The van der Waals surface area contributed by atoms with E-state index in [2.05, 4.69) is 0 Å². The van der Waals surface area contributed by atoms with E-state index in [-0.39, 0.29) is 108 Å². The minimum Gasteiger partial charge on any atom is -0.396 e. The largest absolute Gasteiger partial charge is 0.396 e. The number of Topliss-reactive ketones (excluding diaryl/α,β-unsaturated/α-hetero) is 3. The fourth-order valence-electron chi connectivity index (χ4n) is 6.65. The van der Waals surface area contributed by atoms with Crippen LogP contribution in [-0.4, -0.2) is 175 Å². The predicted molar refractivity (Wildman–Crippen MR) is 186 cm³/mol. The Morgan fingerprint density at radius 2 is 1.18 bits per heavy atom. The molecule has 2 heterocycles. The number of carbonyl (C=O) groups excluding carboxylic acids is 6. The first-order valence-corrected chi connectivity index (χ1v) is 19.0. The van der Waals surface area contributed by atoms with E-state index in [4.69, 9.17) is 19.0 Å². The standard InChI is InChI=1S/C36H58N2O17/c1-21-30(46)33(49)35(51)36(54-21)53-15-7-10-25(42)19-37(18-24(41)9-6-14-52-26-16-22(20-39)31(47)34(50)32(26)48)17-23(40)8-4-2-3-5-11-29(45)55-38-27(43)12-13-28(38)44/h21-22,26,30-36,39,46-51H,2-20H2,1H3/t21-,22+,26+,30+,31+,32-,33+,34-,35-,36+/m0/s1. The number of rotatable bonds is 25. The van der Waals surface area contributed by atoms with Crippen LogP contribution < -0.4 is 0 Å². The highest BCUT2D eigenvalue weighted by Crippen LogP contribution is 2.28. The fraction of sp³-hybridized carbons (Fsp3) is 0.833. The Labute approximate surface area is 319 Å². The number of aliphatic hydroxyl groups excluding tert-OH is 7. The summed E-state index contributed by atoms with van der Waals surface area (Å²) in [6, 6.07) is 0. The van der Waals surface area contributed by atoms with Crippen LogP contribution in [0.4, 0.5) is 0 Å². The van der Waals surface area contributed by atoms with E-state index in [0.717, 1.165) is 0 Å². The van der Waals surface area contributed by atoms with Crippen molar-refractivity contribution in [1.82, 2.24) is 9.96 Å². The van der Waals surface area contributed by atoms with Gasteiger partial charge in [-0.05, 0) is 39.0 Å². The van der Waals surface area contributed by atoms with E-state index in [1.165, 1.54) is 11.8 Å². The van der Waals surface area contributed by atoms with Gasteiger partial charge in [0.05, 0.1) is 44.6 Å². The number of hydrogen-bond donors (Lipinski definition) is 7. The molecule has 0 spiro atoms. The first-order valence-electron chi connectivity index (χ1n) is 19.0. The molecule has 3 aliphatic rings. The van der Waals surface area contributed by atoms with Gasteiger partial charge in [-0.15, -0.1) is 5.06 Å². The molecule has 2 amide bonds. The number of carbonyl (C=O) groups is 6. The Morgan fingerprint density at radius 3 is 1.75 bits per heavy atom. The lowest BCUT2D eigenvalue weighted by molar-refractivity contribution is -0.293. The molecule has 0 aromatic carbocycles. The zero-order valence-corrected chi connectivity index (χ0v) is 31.3. The zero-order chi connectivity index (χ0) is 40.7. The van der Waals surface area contributed by atoms with Gasteiger partial charge in [-0.3, -0.25) is 28.9 Å². The lowest BCUT2D eigenvalue weighted by Crippen LogP contribution is -2.57. The summed E-state index contributed by atoms with van der Waals surface area (Å²) < 4.78 is 16.5. The van der Waals surface area contributed by atoms with Crippen LogP contribution in [0.25, 0.3) is 0 Å². The van der Waals surface area contributed by atoms with E-state index in [1.54, 1.807) is 0 Å². The summed E-state index contributed by atoms with van der Waals surface area (Å²) in [7, 11) is 0. The van der Waals surface area contributed by atoms with Crippen LogP contribution in [0.3, 0.4) is 0 Å². The highest BCUT2D eigenvalue weighted by molar-refractivity contribution is 6.01. The van der Waals surface area contributed by atoms with Crippen molar-refractivity contribution in [1.29, 1.82) is 0 Å². The van der Waals surface area contributed by atoms with Gasteiger partial charge < -0.3 is 54.8 Å². The minimum absolute atomic E-state index is 0.00338. The Bertz CT molecular complexity index is 1270. The molecule has 0 radical (unpaired) electrons. The number of ether oxygens (including phenoxy) is 3. The van der Waals surface area contributed by atoms with Crippen molar-refractivity contribution in [3.05, 3.63) is 0 Å². The number of ketones is 3. The van der Waals surface area contributed by atoms with E-state index >= 15 is 0 Å². The molecule has 55 heavy (non-hydrogen) atoms. The number of hydroxylamine groups is 2. The lowest BCUT2D eigenvalue weighted by Gasteiger charge is -2.39. The Kier molecular flexibility index (Phi) is 19.8. The molecule has 2 aliphatic heterocycles. The number of hydrogen-bond acceptors (Lipinski definition) is 18. The summed E-state index contributed by atoms with van der Waals surface area (Å²) in [5.74, 6) is -3.25. The third-order valence-corrected chi connectivity index (χ3v) is 9.94. The molecule has 19 heteroatoms.